The van der Waals surface area contributed by atoms with E-state index in [0.29, 0.717) is 0 Å². The van der Waals surface area contributed by atoms with Gasteiger partial charge >= 0.3 is 5.97 Å². The molecule has 0 aliphatic carbocycles. The Kier molecular flexibility index (Phi) is 2.80. The number of rotatable bonds is 2. The maximum absolute atomic E-state index is 11.1. The monoisotopic (exact) mass is 164 g/mol. The number of pyridine rings is 1. The second kappa shape index (κ2) is 3.85. The van der Waals surface area contributed by atoms with Gasteiger partial charge < -0.3 is 4.74 Å². The Hall–Kier alpha value is -1.38. The van der Waals surface area contributed by atoms with Crippen LogP contribution in [-0.4, -0.2) is 18.1 Å². The maximum atomic E-state index is 11.1. The van der Waals surface area contributed by atoms with Crippen LogP contribution in [0, 0.1) is 6.20 Å². The number of hydrogen-bond donors (Lipinski definition) is 0. The van der Waals surface area contributed by atoms with Crippen molar-refractivity contribution in [2.45, 2.75) is 12.8 Å². The van der Waals surface area contributed by atoms with Gasteiger partial charge in [-0.25, -0.2) is 0 Å². The van der Waals surface area contributed by atoms with Crippen LogP contribution in [0.15, 0.2) is 18.3 Å². The first kappa shape index (κ1) is 8.71. The van der Waals surface area contributed by atoms with Crippen molar-refractivity contribution in [2.75, 3.05) is 7.11 Å². The lowest BCUT2D eigenvalue weighted by molar-refractivity contribution is -0.141. The Morgan fingerprint density at radius 1 is 1.75 bits per heavy atom. The molecule has 0 aliphatic rings. The average Bonchev–Trinajstić information content (AvgIpc) is 2.17. The van der Waals surface area contributed by atoms with Crippen LogP contribution in [-0.2, 0) is 9.53 Å². The van der Waals surface area contributed by atoms with Gasteiger partial charge in [0.15, 0.2) is 0 Å². The fourth-order valence-electron chi connectivity index (χ4n) is 0.908. The number of aromatic nitrogens is 1. The highest BCUT2D eigenvalue weighted by molar-refractivity contribution is 5.77. The Balaban J connectivity index is 2.78. The molecule has 0 amide bonds. The summed E-state index contributed by atoms with van der Waals surface area (Å²) in [4.78, 5) is 14.8. The van der Waals surface area contributed by atoms with Gasteiger partial charge in [0.05, 0.1) is 19.2 Å². The Labute approximate surface area is 71.4 Å². The number of ether oxygens (including phenoxy) is 1. The van der Waals surface area contributed by atoms with Crippen molar-refractivity contribution in [3.8, 4) is 0 Å². The summed E-state index contributed by atoms with van der Waals surface area (Å²) in [5.41, 5.74) is 0.872. The van der Waals surface area contributed by atoms with Crippen molar-refractivity contribution in [1.29, 1.82) is 0 Å². The molecule has 0 saturated heterocycles. The van der Waals surface area contributed by atoms with E-state index >= 15 is 0 Å². The van der Waals surface area contributed by atoms with Crippen LogP contribution >= 0.6 is 0 Å². The third-order valence-electron chi connectivity index (χ3n) is 1.70. The summed E-state index contributed by atoms with van der Waals surface area (Å²) >= 11 is 0. The van der Waals surface area contributed by atoms with E-state index in [2.05, 4.69) is 15.9 Å². The third kappa shape index (κ3) is 1.81. The largest absolute Gasteiger partial charge is 0.469 e. The predicted molar refractivity (Wildman–Crippen MR) is 43.5 cm³/mol. The van der Waals surface area contributed by atoms with Crippen molar-refractivity contribution in [3.63, 3.8) is 0 Å². The first-order valence-electron chi connectivity index (χ1n) is 3.65. The number of nitrogens with zero attached hydrogens (tertiary/aromatic N) is 1. The van der Waals surface area contributed by atoms with E-state index in [4.69, 9.17) is 0 Å². The highest BCUT2D eigenvalue weighted by Crippen LogP contribution is 2.14. The smallest absolute Gasteiger partial charge is 0.312 e. The summed E-state index contributed by atoms with van der Waals surface area (Å²) in [7, 11) is 1.38. The van der Waals surface area contributed by atoms with Gasteiger partial charge in [-0.15, -0.1) is 0 Å². The molecule has 0 bridgehead atoms. The summed E-state index contributed by atoms with van der Waals surface area (Å²) in [6.07, 6.45) is 4.27. The maximum Gasteiger partial charge on any atom is 0.312 e. The van der Waals surface area contributed by atoms with Crippen molar-refractivity contribution in [3.05, 3.63) is 30.1 Å². The second-order valence-corrected chi connectivity index (χ2v) is 2.46. The zero-order valence-electron chi connectivity index (χ0n) is 7.07. The minimum Gasteiger partial charge on any atom is -0.469 e. The molecule has 0 fully saturated rings. The molecule has 1 unspecified atom stereocenters. The Bertz CT molecular complexity index is 258. The minimum atomic E-state index is -0.241. The summed E-state index contributed by atoms with van der Waals surface area (Å²) in [6.45, 7) is 1.79. The zero-order valence-corrected chi connectivity index (χ0v) is 7.07. The molecular weight excluding hydrogens is 154 g/mol. The Morgan fingerprint density at radius 3 is 3.00 bits per heavy atom. The van der Waals surface area contributed by atoms with Crippen LogP contribution in [0.3, 0.4) is 0 Å². The number of carbonyl (C=O) groups is 1. The van der Waals surface area contributed by atoms with E-state index in [1.54, 1.807) is 25.3 Å². The normalized spacial score (nSPS) is 12.2. The van der Waals surface area contributed by atoms with Gasteiger partial charge in [0.25, 0.3) is 0 Å². The van der Waals surface area contributed by atoms with E-state index in [0.717, 1.165) is 5.56 Å². The molecule has 3 nitrogen and oxygen atoms in total. The van der Waals surface area contributed by atoms with Gasteiger partial charge in [0.2, 0.25) is 0 Å². The molecule has 1 aromatic rings. The zero-order chi connectivity index (χ0) is 8.97. The number of esters is 1. The lowest BCUT2D eigenvalue weighted by Gasteiger charge is -2.07. The SMILES string of the molecule is COC(=O)C(C)c1c[c]ncc1. The fraction of sp³-hybridized carbons (Fsp3) is 0.333. The molecule has 0 N–H and O–H groups in total. The van der Waals surface area contributed by atoms with E-state index in [-0.39, 0.29) is 11.9 Å². The summed E-state index contributed by atoms with van der Waals surface area (Å²) in [6, 6.07) is 3.46. The van der Waals surface area contributed by atoms with Crippen molar-refractivity contribution >= 4 is 5.97 Å². The number of hydrogen-bond acceptors (Lipinski definition) is 3. The lowest BCUT2D eigenvalue weighted by Crippen LogP contribution is -2.10. The molecule has 0 spiro atoms. The molecular formula is C9H10NO2. The molecule has 1 aromatic heterocycles. The summed E-state index contributed by atoms with van der Waals surface area (Å²) in [5, 5.41) is 0. The first-order valence-corrected chi connectivity index (χ1v) is 3.65. The van der Waals surface area contributed by atoms with Crippen molar-refractivity contribution < 1.29 is 9.53 Å². The molecule has 0 aromatic carbocycles. The quantitative estimate of drug-likeness (QED) is 0.616. The second-order valence-electron chi connectivity index (χ2n) is 2.46. The van der Waals surface area contributed by atoms with E-state index in [1.165, 1.54) is 7.11 Å². The van der Waals surface area contributed by atoms with Gasteiger partial charge in [-0.3, -0.25) is 9.78 Å². The molecule has 1 rings (SSSR count). The predicted octanol–water partition coefficient (Wildman–Crippen LogP) is 1.16. The van der Waals surface area contributed by atoms with E-state index in [1.807, 2.05) is 0 Å². The molecule has 0 aliphatic heterocycles. The molecule has 1 atom stereocenters. The van der Waals surface area contributed by atoms with Gasteiger partial charge in [0, 0.05) is 6.20 Å². The summed E-state index contributed by atoms with van der Waals surface area (Å²) in [5.74, 6) is -0.483. The van der Waals surface area contributed by atoms with Gasteiger partial charge in [0.1, 0.15) is 0 Å². The molecule has 63 valence electrons. The van der Waals surface area contributed by atoms with Gasteiger partial charge in [-0.2, -0.15) is 0 Å². The number of methoxy groups -OCH3 is 1. The van der Waals surface area contributed by atoms with Crippen LogP contribution in [0.2, 0.25) is 0 Å². The van der Waals surface area contributed by atoms with E-state index in [9.17, 15) is 4.79 Å². The number of carbonyl (C=O) groups excluding carboxylic acids is 1. The van der Waals surface area contributed by atoms with Crippen LogP contribution in [0.1, 0.15) is 18.4 Å². The highest BCUT2D eigenvalue weighted by Gasteiger charge is 2.14. The molecule has 0 saturated carbocycles. The lowest BCUT2D eigenvalue weighted by atomic mass is 10.0. The van der Waals surface area contributed by atoms with E-state index < -0.39 is 0 Å². The summed E-state index contributed by atoms with van der Waals surface area (Å²) < 4.78 is 4.59. The van der Waals surface area contributed by atoms with Crippen LogP contribution < -0.4 is 0 Å². The topological polar surface area (TPSA) is 39.2 Å². The third-order valence-corrected chi connectivity index (χ3v) is 1.70. The fourth-order valence-corrected chi connectivity index (χ4v) is 0.908. The molecule has 1 radical (unpaired) electrons. The highest BCUT2D eigenvalue weighted by atomic mass is 16.5. The van der Waals surface area contributed by atoms with Crippen molar-refractivity contribution in [1.82, 2.24) is 4.98 Å². The average molecular weight is 164 g/mol. The first-order chi connectivity index (χ1) is 5.75. The standard InChI is InChI=1S/C9H10NO2/c1-7(9(11)12-2)8-3-5-10-6-4-8/h3-5,7H,1-2H3. The van der Waals surface area contributed by atoms with Crippen LogP contribution in [0.4, 0.5) is 0 Å². The molecule has 12 heavy (non-hydrogen) atoms. The molecule has 3 heteroatoms. The Morgan fingerprint density at radius 2 is 2.50 bits per heavy atom. The van der Waals surface area contributed by atoms with Gasteiger partial charge in [-0.1, -0.05) is 0 Å². The van der Waals surface area contributed by atoms with Crippen LogP contribution in [0.5, 0.6) is 0 Å². The van der Waals surface area contributed by atoms with Crippen molar-refractivity contribution in [2.24, 2.45) is 0 Å². The minimum absolute atomic E-state index is 0.241. The van der Waals surface area contributed by atoms with Crippen LogP contribution in [0.25, 0.3) is 0 Å². The molecule has 1 heterocycles. The van der Waals surface area contributed by atoms with Gasteiger partial charge in [-0.05, 0) is 24.6 Å².